The van der Waals surface area contributed by atoms with Crippen molar-refractivity contribution in [1.82, 2.24) is 14.8 Å². The van der Waals surface area contributed by atoms with Crippen LogP contribution in [0.3, 0.4) is 0 Å². The first kappa shape index (κ1) is 16.9. The number of hydrogen-bond acceptors (Lipinski definition) is 5. The van der Waals surface area contributed by atoms with Crippen LogP contribution in [-0.2, 0) is 16.1 Å². The van der Waals surface area contributed by atoms with Crippen molar-refractivity contribution in [3.63, 3.8) is 0 Å². The van der Waals surface area contributed by atoms with Crippen molar-refractivity contribution in [1.29, 1.82) is 0 Å². The smallest absolute Gasteiger partial charge is 0.234 e. The lowest BCUT2D eigenvalue weighted by molar-refractivity contribution is -0.113. The Bertz CT molecular complexity index is 653. The third-order valence-electron chi connectivity index (χ3n) is 2.65. The van der Waals surface area contributed by atoms with Gasteiger partial charge in [-0.05, 0) is 18.2 Å². The first-order valence-electron chi connectivity index (χ1n) is 6.34. The maximum atomic E-state index is 13.6. The van der Waals surface area contributed by atoms with Gasteiger partial charge in [0.25, 0.3) is 0 Å². The average Bonchev–Trinajstić information content (AvgIpc) is 2.93. The molecule has 0 aliphatic rings. The molecule has 1 aromatic carbocycles. The van der Waals surface area contributed by atoms with E-state index in [1.807, 2.05) is 0 Å². The Morgan fingerprint density at radius 2 is 2.36 bits per heavy atom. The zero-order valence-electron chi connectivity index (χ0n) is 11.8. The normalized spacial score (nSPS) is 10.7. The summed E-state index contributed by atoms with van der Waals surface area (Å²) in [7, 11) is 1.61. The topological polar surface area (TPSA) is 69.0 Å². The number of aromatic nitrogens is 3. The van der Waals surface area contributed by atoms with E-state index in [1.165, 1.54) is 23.9 Å². The molecule has 0 spiro atoms. The van der Waals surface area contributed by atoms with Crippen molar-refractivity contribution < 1.29 is 13.9 Å². The molecule has 0 saturated carbocycles. The Kier molecular flexibility index (Phi) is 6.34. The molecule has 118 valence electrons. The molecule has 1 aromatic heterocycles. The first-order chi connectivity index (χ1) is 10.6. The van der Waals surface area contributed by atoms with E-state index in [0.29, 0.717) is 22.8 Å². The van der Waals surface area contributed by atoms with Gasteiger partial charge in [0.05, 0.1) is 18.0 Å². The SMILES string of the molecule is COCCn1cnnc1SCC(=O)Nc1ccc(Br)cc1F. The maximum absolute atomic E-state index is 13.6. The summed E-state index contributed by atoms with van der Waals surface area (Å²) >= 11 is 4.39. The Morgan fingerprint density at radius 3 is 3.09 bits per heavy atom. The molecule has 1 heterocycles. The summed E-state index contributed by atoms with van der Waals surface area (Å²) in [5.41, 5.74) is 0.148. The van der Waals surface area contributed by atoms with Crippen LogP contribution in [0, 0.1) is 5.82 Å². The fourth-order valence-corrected chi connectivity index (χ4v) is 2.68. The lowest BCUT2D eigenvalue weighted by Gasteiger charge is -2.07. The molecule has 2 rings (SSSR count). The van der Waals surface area contributed by atoms with Gasteiger partial charge in [0.15, 0.2) is 5.16 Å². The number of rotatable bonds is 7. The van der Waals surface area contributed by atoms with Crippen molar-refractivity contribution in [3.05, 3.63) is 34.8 Å². The van der Waals surface area contributed by atoms with Crippen LogP contribution >= 0.6 is 27.7 Å². The number of thioether (sulfide) groups is 1. The first-order valence-corrected chi connectivity index (χ1v) is 8.12. The average molecular weight is 389 g/mol. The summed E-state index contributed by atoms with van der Waals surface area (Å²) in [5.74, 6) is -0.690. The fourth-order valence-electron chi connectivity index (χ4n) is 1.61. The molecule has 1 amide bonds. The Labute approximate surface area is 139 Å². The van der Waals surface area contributed by atoms with Crippen LogP contribution in [0.25, 0.3) is 0 Å². The largest absolute Gasteiger partial charge is 0.383 e. The van der Waals surface area contributed by atoms with Gasteiger partial charge in [0, 0.05) is 18.1 Å². The van der Waals surface area contributed by atoms with Crippen molar-refractivity contribution in [3.8, 4) is 0 Å². The second-order valence-electron chi connectivity index (χ2n) is 4.26. The van der Waals surface area contributed by atoms with E-state index in [9.17, 15) is 9.18 Å². The summed E-state index contributed by atoms with van der Waals surface area (Å²) in [6.07, 6.45) is 1.58. The molecule has 0 radical (unpaired) electrons. The van der Waals surface area contributed by atoms with Gasteiger partial charge in [-0.25, -0.2) is 4.39 Å². The number of hydrogen-bond donors (Lipinski definition) is 1. The summed E-state index contributed by atoms with van der Waals surface area (Å²) in [4.78, 5) is 11.9. The molecule has 2 aromatic rings. The standard InChI is InChI=1S/C13H14BrFN4O2S/c1-21-5-4-19-8-16-18-13(19)22-7-12(20)17-11-3-2-9(14)6-10(11)15/h2-3,6,8H,4-5,7H2,1H3,(H,17,20). The van der Waals surface area contributed by atoms with E-state index in [4.69, 9.17) is 4.74 Å². The zero-order valence-corrected chi connectivity index (χ0v) is 14.2. The minimum Gasteiger partial charge on any atom is -0.383 e. The Hall–Kier alpha value is -1.45. The number of nitrogens with zero attached hydrogens (tertiary/aromatic N) is 3. The number of nitrogens with one attached hydrogen (secondary N) is 1. The number of amides is 1. The molecule has 0 aliphatic heterocycles. The Balaban J connectivity index is 1.89. The maximum Gasteiger partial charge on any atom is 0.234 e. The summed E-state index contributed by atoms with van der Waals surface area (Å²) in [6, 6.07) is 4.46. The number of carbonyl (C=O) groups is 1. The predicted molar refractivity (Wildman–Crippen MR) is 85.4 cm³/mol. The monoisotopic (exact) mass is 388 g/mol. The molecule has 6 nitrogen and oxygen atoms in total. The molecule has 0 unspecified atom stereocenters. The molecule has 22 heavy (non-hydrogen) atoms. The van der Waals surface area contributed by atoms with Crippen LogP contribution in [0.2, 0.25) is 0 Å². The van der Waals surface area contributed by atoms with Crippen molar-refractivity contribution in [2.45, 2.75) is 11.7 Å². The van der Waals surface area contributed by atoms with Crippen molar-refractivity contribution >= 4 is 39.3 Å². The van der Waals surface area contributed by atoms with E-state index in [-0.39, 0.29) is 17.3 Å². The number of carbonyl (C=O) groups excluding carboxylic acids is 1. The highest BCUT2D eigenvalue weighted by molar-refractivity contribution is 9.10. The van der Waals surface area contributed by atoms with E-state index in [0.717, 1.165) is 0 Å². The van der Waals surface area contributed by atoms with E-state index < -0.39 is 5.82 Å². The molecule has 0 fully saturated rings. The van der Waals surface area contributed by atoms with E-state index >= 15 is 0 Å². The van der Waals surface area contributed by atoms with Crippen LogP contribution in [0.4, 0.5) is 10.1 Å². The Morgan fingerprint density at radius 1 is 1.55 bits per heavy atom. The van der Waals surface area contributed by atoms with Gasteiger partial charge in [-0.1, -0.05) is 27.7 Å². The van der Waals surface area contributed by atoms with Gasteiger partial charge in [-0.3, -0.25) is 4.79 Å². The third-order valence-corrected chi connectivity index (χ3v) is 4.13. The van der Waals surface area contributed by atoms with Crippen LogP contribution in [0.15, 0.2) is 34.2 Å². The third kappa shape index (κ3) is 4.79. The molecule has 9 heteroatoms. The van der Waals surface area contributed by atoms with Gasteiger partial charge in [0.1, 0.15) is 12.1 Å². The number of halogens is 2. The van der Waals surface area contributed by atoms with E-state index in [1.54, 1.807) is 24.1 Å². The second kappa shape index (κ2) is 8.25. The van der Waals surface area contributed by atoms with Crippen LogP contribution in [0.1, 0.15) is 0 Å². The van der Waals surface area contributed by atoms with E-state index in [2.05, 4.69) is 31.4 Å². The highest BCUT2D eigenvalue weighted by Crippen LogP contribution is 2.20. The molecule has 0 saturated heterocycles. The second-order valence-corrected chi connectivity index (χ2v) is 6.12. The number of benzene rings is 1. The lowest BCUT2D eigenvalue weighted by Crippen LogP contribution is -2.15. The number of methoxy groups -OCH3 is 1. The van der Waals surface area contributed by atoms with Gasteiger partial charge in [-0.15, -0.1) is 10.2 Å². The van der Waals surface area contributed by atoms with Gasteiger partial charge < -0.3 is 14.6 Å². The summed E-state index contributed by atoms with van der Waals surface area (Å²) in [6.45, 7) is 1.14. The van der Waals surface area contributed by atoms with Gasteiger partial charge in [0.2, 0.25) is 5.91 Å². The molecule has 0 aliphatic carbocycles. The quantitative estimate of drug-likeness (QED) is 0.738. The number of anilines is 1. The predicted octanol–water partition coefficient (Wildman–Crippen LogP) is 2.56. The fraction of sp³-hybridized carbons (Fsp3) is 0.308. The zero-order chi connectivity index (χ0) is 15.9. The minimum atomic E-state index is -0.490. The lowest BCUT2D eigenvalue weighted by atomic mass is 10.3. The highest BCUT2D eigenvalue weighted by Gasteiger charge is 2.11. The van der Waals surface area contributed by atoms with Gasteiger partial charge >= 0.3 is 0 Å². The molecular formula is C13H14BrFN4O2S. The number of ether oxygens (including phenoxy) is 1. The molecule has 0 bridgehead atoms. The minimum absolute atomic E-state index is 0.112. The molecule has 1 N–H and O–H groups in total. The molecule has 0 atom stereocenters. The van der Waals surface area contributed by atoms with Crippen LogP contribution in [0.5, 0.6) is 0 Å². The van der Waals surface area contributed by atoms with Gasteiger partial charge in [-0.2, -0.15) is 0 Å². The van der Waals surface area contributed by atoms with Crippen molar-refractivity contribution in [2.75, 3.05) is 24.8 Å². The summed E-state index contributed by atoms with van der Waals surface area (Å²) in [5, 5.41) is 10.9. The summed E-state index contributed by atoms with van der Waals surface area (Å²) < 4.78 is 21.0. The van der Waals surface area contributed by atoms with Crippen molar-refractivity contribution in [2.24, 2.45) is 0 Å². The van der Waals surface area contributed by atoms with Crippen LogP contribution < -0.4 is 5.32 Å². The molecular weight excluding hydrogens is 375 g/mol. The van der Waals surface area contributed by atoms with Crippen LogP contribution in [-0.4, -0.2) is 40.1 Å². The highest BCUT2D eigenvalue weighted by atomic mass is 79.9.